The van der Waals surface area contributed by atoms with Crippen LogP contribution in [0, 0.1) is 13.8 Å². The van der Waals surface area contributed by atoms with Crippen LogP contribution in [-0.2, 0) is 14.2 Å². The van der Waals surface area contributed by atoms with Crippen molar-refractivity contribution in [2.24, 2.45) is 0 Å². The molecule has 0 bridgehead atoms. The molecule has 28 nitrogen and oxygen atoms in total. The highest BCUT2D eigenvalue weighted by atomic mass is 79.9. The number of nitrogens with zero attached hydrogens (tertiary/aromatic N) is 6. The number of amides is 4. The molecule has 12 aromatic rings. The zero-order chi connectivity index (χ0) is 107. The summed E-state index contributed by atoms with van der Waals surface area (Å²) in [4.78, 5) is 118. The number of carboxylic acids is 1. The van der Waals surface area contributed by atoms with E-state index in [4.69, 9.17) is 33.2 Å². The molecule has 3 aliphatic rings. The summed E-state index contributed by atoms with van der Waals surface area (Å²) in [5.74, 6) is -2.72. The van der Waals surface area contributed by atoms with Crippen molar-refractivity contribution in [1.82, 2.24) is 29.4 Å². The largest absolute Gasteiger partial charge is 0.507 e. The number of carbonyl (C=O) groups is 8. The number of aromatic carboxylic acids is 1. The predicted octanol–water partition coefficient (Wildman–Crippen LogP) is 21.8. The molecule has 784 valence electrons. The van der Waals surface area contributed by atoms with Gasteiger partial charge in [-0.25, -0.2) is 19.2 Å². The van der Waals surface area contributed by atoms with E-state index in [0.29, 0.717) is 88.4 Å². The lowest BCUT2D eigenvalue weighted by atomic mass is 10.0. The van der Waals surface area contributed by atoms with Gasteiger partial charge in [0.25, 0.3) is 23.6 Å². The minimum absolute atomic E-state index is 0.00510. The van der Waals surface area contributed by atoms with Crippen LogP contribution in [0.4, 0.5) is 22.7 Å². The lowest BCUT2D eigenvalue weighted by molar-refractivity contribution is 0.00580. The van der Waals surface area contributed by atoms with Crippen LogP contribution in [-0.4, -0.2) is 259 Å². The first kappa shape index (κ1) is 113. The first-order chi connectivity index (χ1) is 71.4. The molecule has 3 aliphatic heterocycles. The molecule has 0 aromatic heterocycles. The van der Waals surface area contributed by atoms with Crippen LogP contribution in [0.1, 0.15) is 177 Å². The van der Waals surface area contributed by atoms with E-state index in [9.17, 15) is 53.7 Å². The monoisotopic (exact) mass is 2090 g/mol. The molecular formula is C120H139BrN10O18. The number of hydrogen-bond acceptors (Lipinski definition) is 23. The number of anilines is 4. The molecule has 12 aromatic carbocycles. The second-order valence-electron chi connectivity index (χ2n) is 39.4. The molecule has 4 amide bonds. The van der Waals surface area contributed by atoms with Gasteiger partial charge in [-0.05, 0) is 261 Å². The summed E-state index contributed by atoms with van der Waals surface area (Å²) < 4.78 is 40.3. The van der Waals surface area contributed by atoms with Crippen molar-refractivity contribution in [2.45, 2.75) is 114 Å². The Kier molecular flexibility index (Phi) is 41.3. The summed E-state index contributed by atoms with van der Waals surface area (Å²) in [5.41, 5.74) is 9.75. The summed E-state index contributed by atoms with van der Waals surface area (Å²) in [6, 6.07) is 79.5. The molecule has 3 saturated heterocycles. The molecule has 0 aliphatic carbocycles. The number of alkyl halides is 1. The first-order valence-corrected chi connectivity index (χ1v) is 51.7. The van der Waals surface area contributed by atoms with Crippen LogP contribution in [0.15, 0.2) is 267 Å². The number of carboxylic acid groups (broad SMARTS) is 1. The second-order valence-corrected chi connectivity index (χ2v) is 40.1. The van der Waals surface area contributed by atoms with Crippen molar-refractivity contribution in [1.29, 1.82) is 0 Å². The zero-order valence-corrected chi connectivity index (χ0v) is 89.3. The van der Waals surface area contributed by atoms with E-state index in [0.717, 1.165) is 173 Å². The summed E-state index contributed by atoms with van der Waals surface area (Å²) in [6.07, 6.45) is 0. The molecule has 0 saturated carbocycles. The van der Waals surface area contributed by atoms with Crippen molar-refractivity contribution in [2.75, 3.05) is 171 Å². The van der Waals surface area contributed by atoms with Gasteiger partial charge in [0.2, 0.25) is 0 Å². The number of hydrogen-bond donors (Lipinski definition) is 7. The Bertz CT molecular complexity index is 6330. The van der Waals surface area contributed by atoms with Crippen LogP contribution in [0.3, 0.4) is 0 Å². The zero-order valence-electron chi connectivity index (χ0n) is 87.7. The van der Waals surface area contributed by atoms with Crippen molar-refractivity contribution < 1.29 is 86.8 Å². The fraction of sp³-hybridized carbons (Fsp3) is 0.333. The number of likely N-dealkylation sites (N-methyl/N-ethyl adjacent to an activating group) is 3. The highest BCUT2D eigenvalue weighted by molar-refractivity contribution is 9.09. The lowest BCUT2D eigenvalue weighted by Gasteiger charge is -2.33. The molecule has 7 N–H and O–H groups in total. The van der Waals surface area contributed by atoms with Crippen LogP contribution >= 0.6 is 15.9 Å². The summed E-state index contributed by atoms with van der Waals surface area (Å²) in [7, 11) is 0. The number of carbonyl (C=O) groups excluding carboxylic acids is 7. The maximum Gasteiger partial charge on any atom is 0.340 e. The Balaban J connectivity index is 0.000000177. The lowest BCUT2D eigenvalue weighted by Crippen LogP contribution is -2.47. The average molecular weight is 2090 g/mol. The number of esters is 3. The third-order valence-corrected chi connectivity index (χ3v) is 25.4. The topological polar surface area (TPSA) is 329 Å². The minimum Gasteiger partial charge on any atom is -0.507 e. The smallest absolute Gasteiger partial charge is 0.340 e. The van der Waals surface area contributed by atoms with Crippen LogP contribution in [0.5, 0.6) is 34.5 Å². The molecule has 15 rings (SSSR count). The van der Waals surface area contributed by atoms with E-state index in [2.05, 4.69) is 87.4 Å². The van der Waals surface area contributed by atoms with E-state index in [1.807, 2.05) is 225 Å². The number of benzene rings is 12. The highest BCUT2D eigenvalue weighted by Gasteiger charge is 2.30. The van der Waals surface area contributed by atoms with E-state index >= 15 is 0 Å². The summed E-state index contributed by atoms with van der Waals surface area (Å²) in [6.45, 7) is 46.6. The summed E-state index contributed by atoms with van der Waals surface area (Å²) >= 11 is 3.33. The van der Waals surface area contributed by atoms with Gasteiger partial charge in [0.05, 0.1) is 62.7 Å². The number of aromatic hydroxyl groups is 2. The quantitative estimate of drug-likeness (QED) is 0.0112. The third-order valence-electron chi connectivity index (χ3n) is 25.0. The van der Waals surface area contributed by atoms with E-state index in [-0.39, 0.29) is 56.9 Å². The number of ether oxygens (including phenoxy) is 7. The van der Waals surface area contributed by atoms with E-state index in [1.165, 1.54) is 30.3 Å². The molecule has 3 heterocycles. The van der Waals surface area contributed by atoms with Gasteiger partial charge in [-0.3, -0.25) is 33.9 Å². The third kappa shape index (κ3) is 34.5. The Labute approximate surface area is 883 Å². The Hall–Kier alpha value is -14.6. The van der Waals surface area contributed by atoms with Gasteiger partial charge in [-0.2, -0.15) is 0 Å². The van der Waals surface area contributed by atoms with Crippen molar-refractivity contribution >= 4 is 86.2 Å². The van der Waals surface area contributed by atoms with Crippen molar-refractivity contribution in [3.8, 4) is 79.0 Å². The van der Waals surface area contributed by atoms with E-state index < -0.39 is 52.5 Å². The maximum absolute atomic E-state index is 13.5. The van der Waals surface area contributed by atoms with Gasteiger partial charge in [0.15, 0.2) is 0 Å². The number of aryl methyl sites for hydroxylation is 2. The maximum atomic E-state index is 13.5. The predicted molar refractivity (Wildman–Crippen MR) is 592 cm³/mol. The normalized spacial score (nSPS) is 13.7. The number of phenols is 2. The second kappa shape index (κ2) is 54.4. The molecule has 29 heteroatoms. The van der Waals surface area contributed by atoms with Crippen molar-refractivity contribution in [3.05, 3.63) is 323 Å². The Morgan fingerprint density at radius 2 is 0.517 bits per heavy atom. The van der Waals surface area contributed by atoms with Gasteiger partial charge < -0.3 is 84.4 Å². The number of rotatable bonds is 34. The average Bonchev–Trinajstić information content (AvgIpc) is 0.810. The molecule has 0 radical (unpaired) electrons. The fourth-order valence-corrected chi connectivity index (χ4v) is 16.9. The first-order valence-electron chi connectivity index (χ1n) is 50.6. The molecule has 0 spiro atoms. The van der Waals surface area contributed by atoms with Gasteiger partial charge >= 0.3 is 23.9 Å². The van der Waals surface area contributed by atoms with Crippen molar-refractivity contribution in [3.63, 3.8) is 0 Å². The molecular weight excluding hydrogens is 1950 g/mol. The van der Waals surface area contributed by atoms with Gasteiger partial charge in [0, 0.05) is 115 Å². The van der Waals surface area contributed by atoms with Gasteiger partial charge in [0.1, 0.15) is 71.1 Å². The fourth-order valence-electron chi connectivity index (χ4n) is 16.8. The van der Waals surface area contributed by atoms with Crippen LogP contribution < -0.4 is 40.2 Å². The number of halogens is 1. The molecule has 0 unspecified atom stereocenters. The van der Waals surface area contributed by atoms with Crippen LogP contribution in [0.2, 0.25) is 0 Å². The number of nitrogens with one attached hydrogen (secondary N) is 4. The Morgan fingerprint density at radius 1 is 0.282 bits per heavy atom. The highest BCUT2D eigenvalue weighted by Crippen LogP contribution is 2.37. The Morgan fingerprint density at radius 3 is 0.772 bits per heavy atom. The number of piperazine rings is 3. The summed E-state index contributed by atoms with van der Waals surface area (Å²) in [5, 5.41) is 42.5. The SMILES string of the molecule is CCN1CCN(CCOc2ccc(C)c(C(=O)Nc3cc(-c4ccccc4)ccc3C(=O)OC(C)(C)C)c2)CC1.CCN1CCN(CCOc2ccc(O)c(C(=O)Nc3cc(-c4ccccc4)ccc3C(=O)O)c2)CC1.CCN1CCN(CCOc2ccc(O)c(C(=O)Nc3cc(-c4ccccc4)ccc3C(=O)OC(C)(C)C)c2)CC1.Cc1ccc(OCCBr)cc1C(=O)Nc1cc(-c2ccccc2)ccc1C(=O)OC(C)(C)C. The van der Waals surface area contributed by atoms with Gasteiger partial charge in [-0.15, -0.1) is 0 Å². The van der Waals surface area contributed by atoms with Gasteiger partial charge in [-0.1, -0.05) is 194 Å². The minimum atomic E-state index is -1.16. The number of phenolic OH excluding ortho intramolecular Hbond substituents is 2. The molecule has 3 fully saturated rings. The van der Waals surface area contributed by atoms with E-state index in [1.54, 1.807) is 87.5 Å². The molecule has 149 heavy (non-hydrogen) atoms. The molecule has 0 atom stereocenters. The van der Waals surface area contributed by atoms with Crippen LogP contribution in [0.25, 0.3) is 44.5 Å². The standard InChI is InChI=1S/C33H41N3O4.C32H39N3O5.C28H31N3O5.C27H28BrNO4/c1-6-35-16-18-36(19-17-35)20-21-39-27-14-12-24(2)29(23-27)31(37)34-30-22-26(25-10-8-7-9-11-25)13-15-28(30)32(38)40-33(3,4)5;1-5-34-15-17-35(18-16-34)19-20-39-25-12-14-29(36)27(22-25)30(37)33-28-21-24(23-9-7-6-8-10-23)11-13-26(28)31(38)40-32(2,3)4;1-2-30-12-14-31(15-13-30)16-17-36-22-9-11-26(32)24(19-22)27(33)29-25-18-21(8-10-23(25)28(34)35)20-6-4-3-5-7-20;1-18-10-12-21(32-15-14-28)17-23(18)25(30)29-24-16-20(19-8-6-5-7-9-19)11-13-22(24)26(31)33-27(2,3)4/h7-15,22-23H,6,16-21H2,1-5H3,(H,34,37);6-14,21-22,36H,5,15-20H2,1-4H3,(H,33,37);3-11,18-19,32H,2,12-17H2,1H3,(H,29,33)(H,34,35);5-13,16-17H,14-15H2,1-4H3,(H,29,30).